The zero-order chi connectivity index (χ0) is 25.1. The van der Waals surface area contributed by atoms with Gasteiger partial charge in [-0.3, -0.25) is 0 Å². The minimum atomic E-state index is -1.98. The number of fused-ring (bicyclic) bond motifs is 1. The fraction of sp³-hybridized carbons (Fsp3) is 0.407. The maximum Gasteiger partial charge on any atom is 0.319 e. The van der Waals surface area contributed by atoms with Gasteiger partial charge in [0.2, 0.25) is 8.32 Å². The van der Waals surface area contributed by atoms with Gasteiger partial charge in [-0.1, -0.05) is 39.8 Å². The number of rotatable bonds is 7. The molecule has 0 saturated carbocycles. The van der Waals surface area contributed by atoms with Crippen molar-refractivity contribution in [2.45, 2.75) is 65.7 Å². The van der Waals surface area contributed by atoms with Gasteiger partial charge in [0.15, 0.2) is 0 Å². The summed E-state index contributed by atoms with van der Waals surface area (Å²) in [4.78, 5) is 12.0. The molecule has 34 heavy (non-hydrogen) atoms. The first-order valence-corrected chi connectivity index (χ1v) is 14.8. The lowest BCUT2D eigenvalue weighted by Gasteiger charge is -2.36. The third kappa shape index (κ3) is 5.12. The number of urea groups is 1. The van der Waals surface area contributed by atoms with E-state index in [2.05, 4.69) is 68.1 Å². The molecule has 0 saturated heterocycles. The Morgan fingerprint density at radius 2 is 1.79 bits per heavy atom. The van der Waals surface area contributed by atoms with Gasteiger partial charge in [0.1, 0.15) is 11.8 Å². The van der Waals surface area contributed by atoms with E-state index in [0.29, 0.717) is 17.8 Å². The second kappa shape index (κ2) is 9.94. The van der Waals surface area contributed by atoms with Crippen molar-refractivity contribution in [2.75, 3.05) is 11.9 Å². The Bertz CT molecular complexity index is 1210. The number of aryl methyl sites for hydroxylation is 1. The molecule has 0 atom stereocenters. The van der Waals surface area contributed by atoms with Gasteiger partial charge >= 0.3 is 6.03 Å². The van der Waals surface area contributed by atoms with Gasteiger partial charge in [-0.25, -0.2) is 4.79 Å². The lowest BCUT2D eigenvalue weighted by Crippen LogP contribution is -2.43. The van der Waals surface area contributed by atoms with E-state index in [-0.39, 0.29) is 11.1 Å². The average molecular weight is 477 g/mol. The van der Waals surface area contributed by atoms with Crippen molar-refractivity contribution in [1.82, 2.24) is 9.88 Å². The van der Waals surface area contributed by atoms with Crippen LogP contribution in [0.2, 0.25) is 18.1 Å². The van der Waals surface area contributed by atoms with Gasteiger partial charge in [-0.2, -0.15) is 5.26 Å². The van der Waals surface area contributed by atoms with Crippen LogP contribution >= 0.6 is 0 Å². The van der Waals surface area contributed by atoms with E-state index in [1.807, 2.05) is 43.3 Å². The number of carbonyl (C=O) groups is 1. The van der Waals surface area contributed by atoms with Crippen LogP contribution in [-0.4, -0.2) is 25.5 Å². The molecule has 0 aliphatic rings. The van der Waals surface area contributed by atoms with Crippen LogP contribution in [0.3, 0.4) is 0 Å². The van der Waals surface area contributed by atoms with Crippen molar-refractivity contribution in [3.8, 4) is 23.1 Å². The van der Waals surface area contributed by atoms with E-state index in [0.717, 1.165) is 40.9 Å². The molecule has 2 N–H and O–H groups in total. The van der Waals surface area contributed by atoms with Crippen molar-refractivity contribution in [1.29, 1.82) is 5.26 Å². The Balaban J connectivity index is 2.01. The lowest BCUT2D eigenvalue weighted by molar-refractivity contribution is 0.252. The summed E-state index contributed by atoms with van der Waals surface area (Å²) < 4.78 is 8.71. The number of hydrogen-bond donors (Lipinski definition) is 2. The van der Waals surface area contributed by atoms with Crippen LogP contribution in [0.1, 0.15) is 46.6 Å². The van der Waals surface area contributed by atoms with Gasteiger partial charge in [-0.15, -0.1) is 0 Å². The highest BCUT2D eigenvalue weighted by molar-refractivity contribution is 6.74. The smallest absolute Gasteiger partial charge is 0.319 e. The third-order valence-corrected chi connectivity index (χ3v) is 11.0. The second-order valence-electron chi connectivity index (χ2n) is 10.1. The quantitative estimate of drug-likeness (QED) is 0.356. The van der Waals surface area contributed by atoms with Gasteiger partial charge in [0, 0.05) is 30.2 Å². The highest BCUT2D eigenvalue weighted by atomic mass is 28.4. The van der Waals surface area contributed by atoms with Crippen LogP contribution in [0.5, 0.6) is 5.75 Å². The summed E-state index contributed by atoms with van der Waals surface area (Å²) in [5, 5.41) is 16.7. The Kier molecular flexibility index (Phi) is 7.42. The zero-order valence-corrected chi connectivity index (χ0v) is 22.4. The SMILES string of the molecule is CCCNC(=O)Nc1ccc(-c2c(C#N)c3ccc(O[Si](C)(C)C(C)(C)C)cc3n2CC)cc1. The number of carbonyl (C=O) groups excluding carboxylic acids is 1. The number of nitrogens with zero attached hydrogens (tertiary/aromatic N) is 2. The van der Waals surface area contributed by atoms with Crippen molar-refractivity contribution in [3.63, 3.8) is 0 Å². The van der Waals surface area contributed by atoms with Crippen LogP contribution in [0.4, 0.5) is 10.5 Å². The minimum Gasteiger partial charge on any atom is -0.543 e. The molecule has 0 fully saturated rings. The molecule has 2 aromatic carbocycles. The van der Waals surface area contributed by atoms with Crippen LogP contribution < -0.4 is 15.1 Å². The monoisotopic (exact) mass is 476 g/mol. The van der Waals surface area contributed by atoms with Crippen LogP contribution in [0.25, 0.3) is 22.2 Å². The normalized spacial score (nSPS) is 11.8. The fourth-order valence-corrected chi connectivity index (χ4v) is 4.73. The fourth-order valence-electron chi connectivity index (χ4n) is 3.71. The molecule has 6 nitrogen and oxygen atoms in total. The largest absolute Gasteiger partial charge is 0.543 e. The molecule has 7 heteroatoms. The van der Waals surface area contributed by atoms with E-state index in [4.69, 9.17) is 4.43 Å². The Morgan fingerprint density at radius 3 is 2.35 bits per heavy atom. The third-order valence-electron chi connectivity index (χ3n) is 6.60. The van der Waals surface area contributed by atoms with Crippen molar-refractivity contribution in [2.24, 2.45) is 0 Å². The summed E-state index contributed by atoms with van der Waals surface area (Å²) >= 11 is 0. The molecule has 3 aromatic rings. The average Bonchev–Trinajstić information content (AvgIpc) is 3.09. The van der Waals surface area contributed by atoms with Crippen LogP contribution in [0, 0.1) is 11.3 Å². The number of anilines is 1. The molecule has 1 aromatic heterocycles. The lowest BCUT2D eigenvalue weighted by atomic mass is 10.1. The molecule has 0 aliphatic heterocycles. The Labute approximate surface area is 204 Å². The topological polar surface area (TPSA) is 79.1 Å². The number of hydrogen-bond acceptors (Lipinski definition) is 3. The number of amides is 2. The number of aromatic nitrogens is 1. The first-order chi connectivity index (χ1) is 16.0. The summed E-state index contributed by atoms with van der Waals surface area (Å²) in [7, 11) is -1.98. The van der Waals surface area contributed by atoms with Gasteiger partial charge in [-0.05, 0) is 61.3 Å². The molecule has 180 valence electrons. The Hall–Kier alpha value is -3.24. The van der Waals surface area contributed by atoms with Gasteiger partial charge in [0.25, 0.3) is 0 Å². The predicted octanol–water partition coefficient (Wildman–Crippen LogP) is 7.12. The van der Waals surface area contributed by atoms with E-state index >= 15 is 0 Å². The van der Waals surface area contributed by atoms with Crippen molar-refractivity contribution >= 4 is 30.9 Å². The first kappa shape index (κ1) is 25.4. The van der Waals surface area contributed by atoms with Crippen molar-refractivity contribution < 1.29 is 9.22 Å². The highest BCUT2D eigenvalue weighted by Crippen LogP contribution is 2.40. The first-order valence-electron chi connectivity index (χ1n) is 11.9. The molecule has 3 rings (SSSR count). The molecule has 0 unspecified atom stereocenters. The second-order valence-corrected chi connectivity index (χ2v) is 14.8. The molecule has 1 heterocycles. The summed E-state index contributed by atoms with van der Waals surface area (Å²) in [6.45, 7) is 16.6. The molecule has 0 aliphatic carbocycles. The van der Waals surface area contributed by atoms with Gasteiger partial charge < -0.3 is 19.6 Å². The maximum atomic E-state index is 12.0. The highest BCUT2D eigenvalue weighted by Gasteiger charge is 2.39. The molecular formula is C27H36N4O2Si. The molecule has 2 amide bonds. The standard InChI is InChI=1S/C27H36N4O2Si/c1-8-16-29-26(32)30-20-12-10-19(11-13-20)25-23(18-28)22-15-14-21(17-24(22)31(25)9-2)33-34(6,7)27(3,4)5/h10-15,17H,8-9,16H2,1-7H3,(H2,29,30,32). The predicted molar refractivity (Wildman–Crippen MR) is 143 cm³/mol. The van der Waals surface area contributed by atoms with Gasteiger partial charge in [0.05, 0.1) is 16.8 Å². The summed E-state index contributed by atoms with van der Waals surface area (Å²) in [6, 6.07) is 15.9. The molecule has 0 radical (unpaired) electrons. The summed E-state index contributed by atoms with van der Waals surface area (Å²) in [6.07, 6.45) is 0.882. The van der Waals surface area contributed by atoms with E-state index in [1.165, 1.54) is 0 Å². The zero-order valence-electron chi connectivity index (χ0n) is 21.4. The van der Waals surface area contributed by atoms with Crippen LogP contribution in [0.15, 0.2) is 42.5 Å². The summed E-state index contributed by atoms with van der Waals surface area (Å²) in [5.74, 6) is 0.847. The van der Waals surface area contributed by atoms with Crippen LogP contribution in [-0.2, 0) is 6.54 Å². The maximum absolute atomic E-state index is 12.0. The van der Waals surface area contributed by atoms with Crippen molar-refractivity contribution in [3.05, 3.63) is 48.0 Å². The number of nitrogens with one attached hydrogen (secondary N) is 2. The minimum absolute atomic E-state index is 0.0981. The number of nitriles is 1. The molecular weight excluding hydrogens is 440 g/mol. The van der Waals surface area contributed by atoms with E-state index < -0.39 is 8.32 Å². The Morgan fingerprint density at radius 1 is 1.12 bits per heavy atom. The summed E-state index contributed by atoms with van der Waals surface area (Å²) in [5.41, 5.74) is 4.16. The molecule has 0 bridgehead atoms. The molecule has 0 spiro atoms. The van der Waals surface area contributed by atoms with E-state index in [9.17, 15) is 10.1 Å². The van der Waals surface area contributed by atoms with E-state index in [1.54, 1.807) is 0 Å². The number of benzene rings is 2.